The molecule has 314 valence electrons. The highest BCUT2D eigenvalue weighted by Gasteiger charge is 2.53. The standard InChI is InChI=1S/C37H67NO13.CHNS/c1-14-25-37(10,45)30(41)20(4)27(39)18(2)16-35(8,44)32(51-34-28(40)24(38(11)12)15-19(3)47-34)21(5)29(22(6)33(43)49-25)50-26-17-36(9,46-13)31(42)23(7)48-26;2-1-3/h18-26,28-32,34,40-42,44-45H,14-17H2,1-13H3;3H/t18-,19+,20+,21+,22-,23+,24-,25-,26+,28+,29+,30-,31+,32-,34-,35-,36-,37-;/m1./s1. The Labute approximate surface area is 327 Å². The van der Waals surface area contributed by atoms with Crippen LogP contribution in [-0.4, -0.2) is 148 Å². The second-order valence-corrected chi connectivity index (χ2v) is 16.8. The van der Waals surface area contributed by atoms with Crippen molar-refractivity contribution >= 4 is 24.4 Å². The highest BCUT2D eigenvalue weighted by molar-refractivity contribution is 7.85. The van der Waals surface area contributed by atoms with Gasteiger partial charge in [0.15, 0.2) is 12.6 Å². The van der Waals surface area contributed by atoms with Crippen LogP contribution in [0, 0.1) is 34.3 Å². The quantitative estimate of drug-likeness (QED) is 0.124. The fraction of sp³-hybridized carbons (Fsp3) is 0.921. The Morgan fingerprint density at radius 1 is 0.944 bits per heavy atom. The number of cyclic esters (lactones) is 1. The van der Waals surface area contributed by atoms with Crippen LogP contribution >= 0.6 is 12.6 Å². The first-order valence-electron chi connectivity index (χ1n) is 18.9. The Bertz CT molecular complexity index is 1270. The number of esters is 1. The van der Waals surface area contributed by atoms with Gasteiger partial charge in [-0.3, -0.25) is 9.59 Å². The summed E-state index contributed by atoms with van der Waals surface area (Å²) >= 11 is 3.09. The van der Waals surface area contributed by atoms with E-state index in [0.29, 0.717) is 6.42 Å². The van der Waals surface area contributed by atoms with Gasteiger partial charge in [-0.15, -0.1) is 0 Å². The lowest BCUT2D eigenvalue weighted by atomic mass is 9.74. The summed E-state index contributed by atoms with van der Waals surface area (Å²) in [7, 11) is 5.18. The van der Waals surface area contributed by atoms with Crippen molar-refractivity contribution in [1.29, 1.82) is 5.26 Å². The molecule has 0 saturated carbocycles. The molecule has 0 aromatic heterocycles. The maximum atomic E-state index is 14.1. The van der Waals surface area contributed by atoms with E-state index in [1.54, 1.807) is 41.5 Å². The maximum Gasteiger partial charge on any atom is 0.311 e. The first kappa shape index (κ1) is 48.7. The lowest BCUT2D eigenvalue weighted by molar-refractivity contribution is -0.318. The number of ketones is 1. The predicted molar refractivity (Wildman–Crippen MR) is 201 cm³/mol. The highest BCUT2D eigenvalue weighted by Crippen LogP contribution is 2.40. The van der Waals surface area contributed by atoms with Crippen LogP contribution in [0.25, 0.3) is 0 Å². The van der Waals surface area contributed by atoms with E-state index in [-0.39, 0.29) is 31.4 Å². The van der Waals surface area contributed by atoms with E-state index in [9.17, 15) is 35.1 Å². The average molecular weight is 793 g/mol. The van der Waals surface area contributed by atoms with Gasteiger partial charge in [0.25, 0.3) is 0 Å². The SMILES string of the molecule is CC[C@H]1OC(=O)[C@H](C)[C@@H](O[C@H]2C[C@@](C)(OC)[C@@H](O)[C@H](C)O2)[C@H](C)[C@@H](O[C@H]2O[C@@H](C)C[C@@H](N(C)C)[C@@H]2O)[C@](C)(O)C[C@@H](C)C(=O)[C@H](C)[C@@H](O)[C@]1(C)O.N#CS. The third-order valence-corrected chi connectivity index (χ3v) is 11.8. The number of ether oxygens (including phenoxy) is 6. The summed E-state index contributed by atoms with van der Waals surface area (Å²) in [6.45, 7) is 16.3. The Hall–Kier alpha value is -1.46. The van der Waals surface area contributed by atoms with Crippen LogP contribution in [0.15, 0.2) is 0 Å². The number of rotatable bonds is 7. The largest absolute Gasteiger partial charge is 0.459 e. The van der Waals surface area contributed by atoms with Crippen molar-refractivity contribution in [3.8, 4) is 5.40 Å². The Balaban J connectivity index is 0.00000325. The predicted octanol–water partition coefficient (Wildman–Crippen LogP) is 2.18. The van der Waals surface area contributed by atoms with Crippen LogP contribution in [0.5, 0.6) is 0 Å². The molecule has 5 N–H and O–H groups in total. The summed E-state index contributed by atoms with van der Waals surface area (Å²) < 4.78 is 37.1. The number of nitrogens with zero attached hydrogens (tertiary/aromatic N) is 2. The Morgan fingerprint density at radius 2 is 1.52 bits per heavy atom. The van der Waals surface area contributed by atoms with Gasteiger partial charge in [0.2, 0.25) is 0 Å². The molecule has 0 aromatic carbocycles. The summed E-state index contributed by atoms with van der Waals surface area (Å²) in [6.07, 6.45) is -9.71. The van der Waals surface area contributed by atoms with Crippen molar-refractivity contribution in [2.75, 3.05) is 21.2 Å². The molecule has 54 heavy (non-hydrogen) atoms. The minimum Gasteiger partial charge on any atom is -0.459 e. The van der Waals surface area contributed by atoms with Crippen molar-refractivity contribution in [1.82, 2.24) is 4.90 Å². The summed E-state index contributed by atoms with van der Waals surface area (Å²) in [6, 6.07) is -0.324. The van der Waals surface area contributed by atoms with Gasteiger partial charge >= 0.3 is 5.97 Å². The first-order chi connectivity index (χ1) is 24.8. The molecule has 16 heteroatoms. The zero-order valence-corrected chi connectivity index (χ0v) is 35.2. The van der Waals surface area contributed by atoms with Gasteiger partial charge in [0.1, 0.15) is 35.1 Å². The molecule has 0 unspecified atom stereocenters. The van der Waals surface area contributed by atoms with Gasteiger partial charge in [-0.25, -0.2) is 0 Å². The number of hydrogen-bond donors (Lipinski definition) is 6. The second kappa shape index (κ2) is 19.8. The first-order valence-corrected chi connectivity index (χ1v) is 19.4. The number of thiol groups is 1. The van der Waals surface area contributed by atoms with Crippen LogP contribution in [0.3, 0.4) is 0 Å². The molecule has 0 spiro atoms. The Kier molecular flexibility index (Phi) is 17.9. The molecule has 3 heterocycles. The van der Waals surface area contributed by atoms with E-state index >= 15 is 0 Å². The van der Waals surface area contributed by atoms with Crippen molar-refractivity contribution < 1.29 is 63.5 Å². The van der Waals surface area contributed by atoms with Crippen molar-refractivity contribution in [3.63, 3.8) is 0 Å². The Morgan fingerprint density at radius 3 is 2.04 bits per heavy atom. The molecule has 3 aliphatic heterocycles. The van der Waals surface area contributed by atoms with E-state index < -0.39 is 108 Å². The fourth-order valence-corrected chi connectivity index (χ4v) is 8.41. The number of aliphatic hydroxyl groups is 5. The van der Waals surface area contributed by atoms with Crippen LogP contribution in [0.2, 0.25) is 0 Å². The summed E-state index contributed by atoms with van der Waals surface area (Å²) in [5.41, 5.74) is -4.84. The molecule has 3 saturated heterocycles. The fourth-order valence-electron chi connectivity index (χ4n) is 8.41. The van der Waals surface area contributed by atoms with Crippen LogP contribution < -0.4 is 0 Å². The van der Waals surface area contributed by atoms with Gasteiger partial charge < -0.3 is 58.9 Å². The molecular weight excluding hydrogens is 724 g/mol. The molecule has 3 fully saturated rings. The second-order valence-electron chi connectivity index (χ2n) is 16.6. The van der Waals surface area contributed by atoms with Gasteiger partial charge in [-0.05, 0) is 74.9 Å². The van der Waals surface area contributed by atoms with Crippen LogP contribution in [-0.2, 0) is 38.0 Å². The molecule has 0 aliphatic carbocycles. The summed E-state index contributed by atoms with van der Waals surface area (Å²) in [4.78, 5) is 29.8. The highest BCUT2D eigenvalue weighted by atomic mass is 32.1. The number of Topliss-reactive ketones (excluding diaryl/α,β-unsaturated/α-hetero) is 1. The van der Waals surface area contributed by atoms with Gasteiger partial charge in [0.05, 0.1) is 47.6 Å². The lowest BCUT2D eigenvalue weighted by Gasteiger charge is -2.49. The third-order valence-electron chi connectivity index (χ3n) is 11.8. The number of aliphatic hydroxyl groups excluding tert-OH is 3. The smallest absolute Gasteiger partial charge is 0.311 e. The van der Waals surface area contributed by atoms with Gasteiger partial charge in [-0.2, -0.15) is 5.26 Å². The van der Waals surface area contributed by atoms with E-state index in [2.05, 4.69) is 12.6 Å². The zero-order valence-electron chi connectivity index (χ0n) is 34.3. The number of carbonyl (C=O) groups excluding carboxylic acids is 2. The topological polar surface area (TPSA) is 218 Å². The maximum absolute atomic E-state index is 14.1. The molecule has 0 amide bonds. The number of nitriles is 1. The average Bonchev–Trinajstić information content (AvgIpc) is 3.09. The molecular formula is C38H68N2O13S. The number of carbonyl (C=O) groups is 2. The normalized spacial score (nSPS) is 47.1. The van der Waals surface area contributed by atoms with E-state index in [1.807, 2.05) is 25.9 Å². The molecule has 0 bridgehead atoms. The summed E-state index contributed by atoms with van der Waals surface area (Å²) in [5, 5.41) is 66.2. The minimum atomic E-state index is -1.99. The van der Waals surface area contributed by atoms with Crippen LogP contribution in [0.4, 0.5) is 0 Å². The third kappa shape index (κ3) is 11.1. The van der Waals surface area contributed by atoms with E-state index in [4.69, 9.17) is 33.7 Å². The number of methoxy groups -OCH3 is 1. The lowest BCUT2D eigenvalue weighted by Crippen LogP contribution is -2.61. The minimum absolute atomic E-state index is 0.0936. The zero-order chi connectivity index (χ0) is 41.7. The molecule has 0 radical (unpaired) electrons. The van der Waals surface area contributed by atoms with E-state index in [1.165, 1.54) is 33.3 Å². The van der Waals surface area contributed by atoms with Gasteiger partial charge in [-0.1, -0.05) is 40.3 Å². The molecule has 18 atom stereocenters. The van der Waals surface area contributed by atoms with Gasteiger partial charge in [0, 0.05) is 37.3 Å². The van der Waals surface area contributed by atoms with Crippen molar-refractivity contribution in [2.24, 2.45) is 23.7 Å². The summed E-state index contributed by atoms with van der Waals surface area (Å²) in [5.74, 6) is -4.98. The molecule has 15 nitrogen and oxygen atoms in total. The van der Waals surface area contributed by atoms with Crippen LogP contribution in [0.1, 0.15) is 94.9 Å². The van der Waals surface area contributed by atoms with E-state index in [0.717, 1.165) is 0 Å². The number of thiocyanates is 1. The van der Waals surface area contributed by atoms with Crippen molar-refractivity contribution in [3.05, 3.63) is 0 Å². The number of likely N-dealkylation sites (N-methyl/N-ethyl adjacent to an activating group) is 1. The molecule has 3 aliphatic rings. The van der Waals surface area contributed by atoms with Crippen molar-refractivity contribution in [2.45, 2.75) is 179 Å². The number of hydrogen-bond acceptors (Lipinski definition) is 16. The molecule has 0 aromatic rings. The monoisotopic (exact) mass is 792 g/mol. The molecule has 3 rings (SSSR count).